The molecule has 1 aliphatic heterocycles. The van der Waals surface area contributed by atoms with Crippen LogP contribution in [0.4, 0.5) is 18.9 Å². The van der Waals surface area contributed by atoms with Crippen molar-refractivity contribution in [3.8, 4) is 11.5 Å². The van der Waals surface area contributed by atoms with Gasteiger partial charge in [-0.05, 0) is 47.7 Å². The van der Waals surface area contributed by atoms with E-state index >= 15 is 0 Å². The highest BCUT2D eigenvalue weighted by atomic mass is 32.2. The van der Waals surface area contributed by atoms with Crippen LogP contribution in [0.25, 0.3) is 6.08 Å². The molecule has 3 rings (SSSR count). The summed E-state index contributed by atoms with van der Waals surface area (Å²) >= 11 is 0.877. The first-order valence-corrected chi connectivity index (χ1v) is 8.03. The molecule has 0 saturated carbocycles. The van der Waals surface area contributed by atoms with Crippen LogP contribution in [0.15, 0.2) is 52.4 Å². The smallest absolute Gasteiger partial charge is 0.418 e. The molecule has 1 heterocycles. The van der Waals surface area contributed by atoms with Crippen molar-refractivity contribution >= 4 is 34.6 Å². The maximum Gasteiger partial charge on any atom is 0.418 e. The molecule has 0 aromatic heterocycles. The number of alkyl halides is 3. The number of aliphatic imine (C=N–C) groups is 1. The van der Waals surface area contributed by atoms with Gasteiger partial charge in [-0.3, -0.25) is 4.79 Å². The highest BCUT2D eigenvalue weighted by Gasteiger charge is 2.34. The van der Waals surface area contributed by atoms with Crippen molar-refractivity contribution in [1.82, 2.24) is 5.32 Å². The molecule has 1 aliphatic rings. The van der Waals surface area contributed by atoms with Crippen LogP contribution in [0, 0.1) is 0 Å². The number of amides is 1. The van der Waals surface area contributed by atoms with E-state index in [1.165, 1.54) is 42.5 Å². The van der Waals surface area contributed by atoms with E-state index in [2.05, 4.69) is 10.3 Å². The highest BCUT2D eigenvalue weighted by Crippen LogP contribution is 2.37. The number of para-hydroxylation sites is 1. The van der Waals surface area contributed by atoms with Crippen LogP contribution in [0.2, 0.25) is 0 Å². The lowest BCUT2D eigenvalue weighted by Crippen LogP contribution is -2.19. The third-order valence-electron chi connectivity index (χ3n) is 3.38. The standard InChI is InChI=1S/C17H11F3N2O3S/c18-17(19,20)10-3-1-2-4-11(10)21-16-22-15(25)14(26-16)8-9-5-6-12(23)13(24)7-9/h1-8,23-24H,(H,21,22,25). The number of thioether (sulfide) groups is 1. The molecule has 0 bridgehead atoms. The van der Waals surface area contributed by atoms with Gasteiger partial charge in [-0.25, -0.2) is 4.99 Å². The second-order valence-electron chi connectivity index (χ2n) is 5.24. The van der Waals surface area contributed by atoms with Gasteiger partial charge in [0.15, 0.2) is 16.7 Å². The Hall–Kier alpha value is -2.94. The lowest BCUT2D eigenvalue weighted by Gasteiger charge is -2.09. The Kier molecular flexibility index (Phi) is 4.64. The minimum Gasteiger partial charge on any atom is -0.504 e. The van der Waals surface area contributed by atoms with Crippen LogP contribution in [-0.4, -0.2) is 21.3 Å². The zero-order valence-electron chi connectivity index (χ0n) is 12.9. The van der Waals surface area contributed by atoms with E-state index in [0.717, 1.165) is 17.8 Å². The molecule has 0 radical (unpaired) electrons. The van der Waals surface area contributed by atoms with Gasteiger partial charge >= 0.3 is 6.18 Å². The summed E-state index contributed by atoms with van der Waals surface area (Å²) in [5.41, 5.74) is -0.760. The average molecular weight is 380 g/mol. The summed E-state index contributed by atoms with van der Waals surface area (Å²) in [4.78, 5) is 16.1. The molecule has 0 unspecified atom stereocenters. The largest absolute Gasteiger partial charge is 0.504 e. The van der Waals surface area contributed by atoms with Crippen LogP contribution in [0.5, 0.6) is 11.5 Å². The number of nitrogens with one attached hydrogen (secondary N) is 1. The van der Waals surface area contributed by atoms with E-state index in [-0.39, 0.29) is 27.3 Å². The lowest BCUT2D eigenvalue weighted by atomic mass is 10.2. The molecule has 26 heavy (non-hydrogen) atoms. The summed E-state index contributed by atoms with van der Waals surface area (Å²) in [5.74, 6) is -1.18. The van der Waals surface area contributed by atoms with Gasteiger partial charge in [0.25, 0.3) is 5.91 Å². The molecule has 5 nitrogen and oxygen atoms in total. The molecule has 0 spiro atoms. The molecule has 9 heteroatoms. The quantitative estimate of drug-likeness (QED) is 0.543. The molecule has 1 amide bonds. The van der Waals surface area contributed by atoms with Crippen molar-refractivity contribution in [2.45, 2.75) is 6.18 Å². The number of amidine groups is 1. The Bertz CT molecular complexity index is 939. The predicted octanol–water partition coefficient (Wildman–Crippen LogP) is 4.01. The van der Waals surface area contributed by atoms with Gasteiger partial charge in [-0.2, -0.15) is 13.2 Å². The molecule has 0 aliphatic carbocycles. The van der Waals surface area contributed by atoms with E-state index in [9.17, 15) is 28.2 Å². The van der Waals surface area contributed by atoms with Crippen molar-refractivity contribution in [3.63, 3.8) is 0 Å². The fourth-order valence-corrected chi connectivity index (χ4v) is 3.02. The highest BCUT2D eigenvalue weighted by molar-refractivity contribution is 8.18. The minimum atomic E-state index is -4.56. The zero-order chi connectivity index (χ0) is 18.9. The maximum atomic E-state index is 13.0. The van der Waals surface area contributed by atoms with E-state index in [4.69, 9.17) is 0 Å². The van der Waals surface area contributed by atoms with Gasteiger partial charge in [-0.1, -0.05) is 18.2 Å². The first-order chi connectivity index (χ1) is 12.2. The van der Waals surface area contributed by atoms with E-state index in [1.54, 1.807) is 0 Å². The van der Waals surface area contributed by atoms with E-state index in [1.807, 2.05) is 0 Å². The molecular weight excluding hydrogens is 369 g/mol. The third-order valence-corrected chi connectivity index (χ3v) is 4.29. The Morgan fingerprint density at radius 2 is 1.81 bits per heavy atom. The minimum absolute atomic E-state index is 0.0148. The van der Waals surface area contributed by atoms with E-state index < -0.39 is 17.6 Å². The topological polar surface area (TPSA) is 81.9 Å². The van der Waals surface area contributed by atoms with Crippen LogP contribution in [0.1, 0.15) is 11.1 Å². The summed E-state index contributed by atoms with van der Waals surface area (Å²) in [6, 6.07) is 8.79. The first-order valence-electron chi connectivity index (χ1n) is 7.22. The lowest BCUT2D eigenvalue weighted by molar-refractivity contribution is -0.137. The van der Waals surface area contributed by atoms with Crippen LogP contribution >= 0.6 is 11.8 Å². The Morgan fingerprint density at radius 3 is 2.50 bits per heavy atom. The Morgan fingerprint density at radius 1 is 1.08 bits per heavy atom. The number of benzene rings is 2. The van der Waals surface area contributed by atoms with Crippen LogP contribution in [-0.2, 0) is 11.0 Å². The van der Waals surface area contributed by atoms with Crippen molar-refractivity contribution in [1.29, 1.82) is 0 Å². The summed E-state index contributed by atoms with van der Waals surface area (Å²) < 4.78 is 39.0. The molecule has 2 aromatic carbocycles. The number of phenolic OH excluding ortho intramolecular Hbond substituents is 2. The molecule has 0 atom stereocenters. The fraction of sp³-hybridized carbons (Fsp3) is 0.0588. The molecule has 1 fully saturated rings. The Balaban J connectivity index is 1.90. The number of hydrogen-bond acceptors (Lipinski definition) is 5. The molecule has 134 valence electrons. The first kappa shape index (κ1) is 17.9. The maximum absolute atomic E-state index is 13.0. The van der Waals surface area contributed by atoms with Crippen molar-refractivity contribution in [2.75, 3.05) is 0 Å². The molecule has 2 aromatic rings. The molecular formula is C17H11F3N2O3S. The second-order valence-corrected chi connectivity index (χ2v) is 6.28. The second kappa shape index (κ2) is 6.75. The van der Waals surface area contributed by atoms with Gasteiger partial charge in [-0.15, -0.1) is 0 Å². The summed E-state index contributed by atoms with van der Waals surface area (Å²) in [6.45, 7) is 0. The number of phenols is 2. The van der Waals surface area contributed by atoms with Crippen LogP contribution < -0.4 is 5.32 Å². The van der Waals surface area contributed by atoms with Crippen LogP contribution in [0.3, 0.4) is 0 Å². The summed E-state index contributed by atoms with van der Waals surface area (Å²) in [5, 5.41) is 21.2. The fourth-order valence-electron chi connectivity index (χ4n) is 2.18. The number of nitrogens with zero attached hydrogens (tertiary/aromatic N) is 1. The molecule has 1 saturated heterocycles. The number of halogens is 3. The number of aromatic hydroxyl groups is 2. The van der Waals surface area contributed by atoms with Crippen molar-refractivity contribution in [2.24, 2.45) is 4.99 Å². The van der Waals surface area contributed by atoms with E-state index in [0.29, 0.717) is 5.56 Å². The van der Waals surface area contributed by atoms with Crippen molar-refractivity contribution in [3.05, 3.63) is 58.5 Å². The number of rotatable bonds is 2. The Labute approximate surface area is 149 Å². The normalized spacial score (nSPS) is 17.7. The monoisotopic (exact) mass is 380 g/mol. The predicted molar refractivity (Wildman–Crippen MR) is 92.0 cm³/mol. The third kappa shape index (κ3) is 3.83. The average Bonchev–Trinajstić information content (AvgIpc) is 2.90. The summed E-state index contributed by atoms with van der Waals surface area (Å²) in [7, 11) is 0. The van der Waals surface area contributed by atoms with Gasteiger partial charge in [0.05, 0.1) is 16.2 Å². The number of carbonyl (C=O) groups is 1. The summed E-state index contributed by atoms with van der Waals surface area (Å²) in [6.07, 6.45) is -3.13. The van der Waals surface area contributed by atoms with Gasteiger partial charge < -0.3 is 15.5 Å². The van der Waals surface area contributed by atoms with Crippen molar-refractivity contribution < 1.29 is 28.2 Å². The van der Waals surface area contributed by atoms with Gasteiger partial charge in [0.2, 0.25) is 0 Å². The van der Waals surface area contributed by atoms with Gasteiger partial charge in [0.1, 0.15) is 0 Å². The number of hydrogen-bond donors (Lipinski definition) is 3. The molecule has 3 N–H and O–H groups in total. The number of carbonyl (C=O) groups excluding carboxylic acids is 1. The zero-order valence-corrected chi connectivity index (χ0v) is 13.7. The van der Waals surface area contributed by atoms with Gasteiger partial charge in [0, 0.05) is 0 Å². The SMILES string of the molecule is O=C1NC(=Nc2ccccc2C(F)(F)F)SC1=Cc1ccc(O)c(O)c1.